The number of halogens is 1. The fourth-order valence-electron chi connectivity index (χ4n) is 2.15. The zero-order chi connectivity index (χ0) is 9.85. The van der Waals surface area contributed by atoms with E-state index in [1.165, 1.54) is 0 Å². The van der Waals surface area contributed by atoms with E-state index in [2.05, 4.69) is 37.9 Å². The summed E-state index contributed by atoms with van der Waals surface area (Å²) < 4.78 is 6.07. The first-order valence-corrected chi connectivity index (χ1v) is 5.44. The molecule has 4 heteroatoms. The zero-order valence-corrected chi connectivity index (χ0v) is 10.4. The second-order valence-corrected chi connectivity index (χ2v) is 5.69. The Morgan fingerprint density at radius 1 is 1.15 bits per heavy atom. The first-order chi connectivity index (χ1) is 5.87. The first-order valence-electron chi connectivity index (χ1n) is 4.36. The number of nitrogens with zero attached hydrogens (tertiary/aromatic N) is 2. The monoisotopic (exact) mass is 292 g/mol. The molecule has 1 aliphatic carbocycles. The maximum atomic E-state index is 5.44. The highest BCUT2D eigenvalue weighted by Gasteiger charge is 2.67. The van der Waals surface area contributed by atoms with Crippen molar-refractivity contribution in [3.05, 3.63) is 9.79 Å². The smallest absolute Gasteiger partial charge is 0.278 e. The Bertz CT molecular complexity index is 329. The quantitative estimate of drug-likeness (QED) is 0.747. The molecule has 1 saturated carbocycles. The largest absolute Gasteiger partial charge is 0.416 e. The molecule has 1 aliphatic rings. The van der Waals surface area contributed by atoms with Crippen LogP contribution in [0.2, 0.25) is 0 Å². The van der Waals surface area contributed by atoms with Crippen molar-refractivity contribution in [2.24, 2.45) is 10.8 Å². The average Bonchev–Trinajstić information content (AvgIpc) is 2.32. The van der Waals surface area contributed by atoms with Gasteiger partial charge in [0, 0.05) is 28.5 Å². The van der Waals surface area contributed by atoms with Gasteiger partial charge >= 0.3 is 0 Å². The van der Waals surface area contributed by atoms with Crippen molar-refractivity contribution >= 4 is 22.6 Å². The molecule has 13 heavy (non-hydrogen) atoms. The number of hydrogen-bond donors (Lipinski definition) is 0. The van der Waals surface area contributed by atoms with E-state index in [9.17, 15) is 0 Å². The van der Waals surface area contributed by atoms with Gasteiger partial charge in [0.1, 0.15) is 0 Å². The van der Waals surface area contributed by atoms with E-state index in [1.807, 2.05) is 22.6 Å². The van der Waals surface area contributed by atoms with Crippen molar-refractivity contribution in [2.45, 2.75) is 33.6 Å². The fraction of sp³-hybridized carbons (Fsp3) is 0.778. The summed E-state index contributed by atoms with van der Waals surface area (Å²) in [5.41, 5.74) is 0.561. The molecule has 1 heterocycles. The lowest BCUT2D eigenvalue weighted by molar-refractivity contribution is 0.447. The molecule has 1 aromatic rings. The van der Waals surface area contributed by atoms with E-state index in [1.54, 1.807) is 0 Å². The van der Waals surface area contributed by atoms with Crippen LogP contribution in [0.3, 0.4) is 0 Å². The second-order valence-electron chi connectivity index (χ2n) is 4.77. The molecular formula is C9H13IN2O. The third-order valence-corrected chi connectivity index (χ3v) is 4.12. The van der Waals surface area contributed by atoms with E-state index < -0.39 is 0 Å². The number of rotatable bonds is 1. The summed E-state index contributed by atoms with van der Waals surface area (Å²) in [6.45, 7) is 8.98. The van der Waals surface area contributed by atoms with Gasteiger partial charge in [0.15, 0.2) is 0 Å². The SMILES string of the molecule is CC1(C)C(c2nnc(I)o2)C1(C)C. The average molecular weight is 292 g/mol. The van der Waals surface area contributed by atoms with Crippen LogP contribution in [0.25, 0.3) is 0 Å². The van der Waals surface area contributed by atoms with Crippen molar-refractivity contribution < 1.29 is 4.42 Å². The summed E-state index contributed by atoms with van der Waals surface area (Å²) in [4.78, 5) is 0. The Kier molecular flexibility index (Phi) is 1.78. The fourth-order valence-corrected chi connectivity index (χ4v) is 2.48. The lowest BCUT2D eigenvalue weighted by Gasteiger charge is -2.03. The van der Waals surface area contributed by atoms with E-state index >= 15 is 0 Å². The van der Waals surface area contributed by atoms with E-state index in [-0.39, 0.29) is 10.8 Å². The molecule has 0 aliphatic heterocycles. The zero-order valence-electron chi connectivity index (χ0n) is 8.26. The van der Waals surface area contributed by atoms with Crippen LogP contribution in [-0.2, 0) is 0 Å². The molecule has 2 rings (SSSR count). The lowest BCUT2D eigenvalue weighted by Crippen LogP contribution is -1.95. The van der Waals surface area contributed by atoms with Gasteiger partial charge in [-0.3, -0.25) is 0 Å². The molecule has 0 bridgehead atoms. The van der Waals surface area contributed by atoms with Crippen LogP contribution in [0.1, 0.15) is 39.5 Å². The molecule has 0 saturated heterocycles. The third kappa shape index (κ3) is 1.14. The summed E-state index contributed by atoms with van der Waals surface area (Å²) in [7, 11) is 0. The van der Waals surface area contributed by atoms with Crippen molar-refractivity contribution in [1.82, 2.24) is 10.2 Å². The van der Waals surface area contributed by atoms with Crippen molar-refractivity contribution in [2.75, 3.05) is 0 Å². The van der Waals surface area contributed by atoms with Gasteiger partial charge < -0.3 is 4.42 Å². The first kappa shape index (κ1) is 9.43. The summed E-state index contributed by atoms with van der Waals surface area (Å²) in [6.07, 6.45) is 0. The molecule has 1 fully saturated rings. The number of hydrogen-bond acceptors (Lipinski definition) is 3. The molecule has 0 amide bonds. The maximum Gasteiger partial charge on any atom is 0.278 e. The number of aromatic nitrogens is 2. The summed E-state index contributed by atoms with van der Waals surface area (Å²) in [5, 5.41) is 7.92. The van der Waals surface area contributed by atoms with E-state index in [4.69, 9.17) is 4.42 Å². The van der Waals surface area contributed by atoms with Gasteiger partial charge in [-0.05, 0) is 10.8 Å². The molecule has 0 radical (unpaired) electrons. The standard InChI is InChI=1S/C9H13IN2O/c1-8(2)5(9(8,3)4)6-11-12-7(10)13-6/h5H,1-4H3. The van der Waals surface area contributed by atoms with Crippen LogP contribution in [0.5, 0.6) is 0 Å². The van der Waals surface area contributed by atoms with Gasteiger partial charge in [-0.2, -0.15) is 0 Å². The molecule has 72 valence electrons. The minimum atomic E-state index is 0.280. The van der Waals surface area contributed by atoms with Gasteiger partial charge in [0.2, 0.25) is 5.89 Å². The Labute approximate surface area is 91.4 Å². The minimum absolute atomic E-state index is 0.280. The Hall–Kier alpha value is -0.130. The van der Waals surface area contributed by atoms with Crippen molar-refractivity contribution in [3.63, 3.8) is 0 Å². The van der Waals surface area contributed by atoms with Gasteiger partial charge in [0.25, 0.3) is 3.90 Å². The lowest BCUT2D eigenvalue weighted by atomic mass is 10.0. The molecule has 0 aromatic carbocycles. The minimum Gasteiger partial charge on any atom is -0.416 e. The van der Waals surface area contributed by atoms with Crippen molar-refractivity contribution in [1.29, 1.82) is 0 Å². The highest BCUT2D eigenvalue weighted by molar-refractivity contribution is 14.1. The molecule has 0 atom stereocenters. The summed E-state index contributed by atoms with van der Waals surface area (Å²) >= 11 is 2.05. The molecule has 0 unspecified atom stereocenters. The van der Waals surface area contributed by atoms with Gasteiger partial charge in [-0.15, -0.1) is 10.2 Å². The molecular weight excluding hydrogens is 279 g/mol. The topological polar surface area (TPSA) is 38.9 Å². The Morgan fingerprint density at radius 3 is 2.00 bits per heavy atom. The van der Waals surface area contributed by atoms with Crippen LogP contribution in [0.15, 0.2) is 4.42 Å². The predicted molar refractivity (Wildman–Crippen MR) is 57.3 cm³/mol. The second kappa shape index (κ2) is 2.46. The maximum absolute atomic E-state index is 5.44. The van der Waals surface area contributed by atoms with Crippen molar-refractivity contribution in [3.8, 4) is 0 Å². The van der Waals surface area contributed by atoms with Crippen LogP contribution in [0.4, 0.5) is 0 Å². The van der Waals surface area contributed by atoms with Gasteiger partial charge in [-0.1, -0.05) is 27.7 Å². The van der Waals surface area contributed by atoms with E-state index in [0.717, 1.165) is 5.89 Å². The normalized spacial score (nSPS) is 24.7. The molecule has 1 aromatic heterocycles. The summed E-state index contributed by atoms with van der Waals surface area (Å²) in [6, 6.07) is 0. The van der Waals surface area contributed by atoms with Crippen LogP contribution < -0.4 is 0 Å². The molecule has 0 spiro atoms. The van der Waals surface area contributed by atoms with Gasteiger partial charge in [-0.25, -0.2) is 0 Å². The third-order valence-electron chi connectivity index (χ3n) is 3.68. The Balaban J connectivity index is 2.32. The van der Waals surface area contributed by atoms with E-state index in [0.29, 0.717) is 9.82 Å². The summed E-state index contributed by atoms with van der Waals surface area (Å²) in [5.74, 6) is 1.20. The molecule has 0 N–H and O–H groups in total. The van der Waals surface area contributed by atoms with Crippen LogP contribution >= 0.6 is 22.6 Å². The van der Waals surface area contributed by atoms with Crippen LogP contribution in [0, 0.1) is 14.7 Å². The molecule has 3 nitrogen and oxygen atoms in total. The highest BCUT2D eigenvalue weighted by atomic mass is 127. The van der Waals surface area contributed by atoms with Crippen LogP contribution in [-0.4, -0.2) is 10.2 Å². The van der Waals surface area contributed by atoms with Gasteiger partial charge in [0.05, 0.1) is 0 Å². The Morgan fingerprint density at radius 2 is 1.69 bits per heavy atom. The highest BCUT2D eigenvalue weighted by Crippen LogP contribution is 2.73. The predicted octanol–water partition coefficient (Wildman–Crippen LogP) is 2.82.